The molecule has 0 saturated heterocycles. The molecule has 31 heavy (non-hydrogen) atoms. The van der Waals surface area contributed by atoms with E-state index in [2.05, 4.69) is 22.0 Å². The molecule has 0 atom stereocenters. The fourth-order valence-electron chi connectivity index (χ4n) is 4.75. The number of amides is 1. The van der Waals surface area contributed by atoms with Gasteiger partial charge in [0.1, 0.15) is 0 Å². The van der Waals surface area contributed by atoms with Crippen LogP contribution in [0.5, 0.6) is 0 Å². The summed E-state index contributed by atoms with van der Waals surface area (Å²) in [5.41, 5.74) is 6.64. The van der Waals surface area contributed by atoms with E-state index in [-0.39, 0.29) is 11.3 Å². The zero-order valence-corrected chi connectivity index (χ0v) is 17.8. The molecular formula is C27H26N2O2. The van der Waals surface area contributed by atoms with E-state index in [1.165, 1.54) is 17.5 Å². The highest BCUT2D eigenvalue weighted by Gasteiger charge is 2.13. The smallest absolute Gasteiger partial charge is 0.224 e. The molecule has 1 aliphatic rings. The summed E-state index contributed by atoms with van der Waals surface area (Å²) in [6.07, 6.45) is 4.58. The second kappa shape index (κ2) is 8.03. The van der Waals surface area contributed by atoms with Crippen LogP contribution >= 0.6 is 0 Å². The number of aryl methyl sites for hydroxylation is 4. The van der Waals surface area contributed by atoms with Crippen LogP contribution in [0.2, 0.25) is 0 Å². The average Bonchev–Trinajstić information content (AvgIpc) is 3.24. The van der Waals surface area contributed by atoms with Gasteiger partial charge in [-0.05, 0) is 80.1 Å². The highest BCUT2D eigenvalue weighted by molar-refractivity contribution is 5.94. The van der Waals surface area contributed by atoms with Crippen LogP contribution in [0.25, 0.3) is 21.8 Å². The summed E-state index contributed by atoms with van der Waals surface area (Å²) < 4.78 is 2.17. The number of nitrogens with zero attached hydrogens (tertiary/aromatic N) is 1. The number of fused-ring (bicyclic) bond motifs is 3. The Morgan fingerprint density at radius 1 is 0.935 bits per heavy atom. The van der Waals surface area contributed by atoms with Crippen LogP contribution in [0.15, 0.2) is 65.5 Å². The topological polar surface area (TPSA) is 51.1 Å². The van der Waals surface area contributed by atoms with Crippen LogP contribution in [0.4, 0.5) is 5.69 Å². The van der Waals surface area contributed by atoms with Crippen molar-refractivity contribution in [2.75, 3.05) is 5.32 Å². The third kappa shape index (κ3) is 3.74. The molecule has 156 valence electrons. The predicted molar refractivity (Wildman–Crippen MR) is 127 cm³/mol. The Kier molecular flexibility index (Phi) is 5.06. The van der Waals surface area contributed by atoms with Gasteiger partial charge in [0.05, 0.1) is 11.0 Å². The molecule has 4 nitrogen and oxygen atoms in total. The molecule has 0 unspecified atom stereocenters. The molecule has 1 aliphatic carbocycles. The molecule has 4 heteroatoms. The van der Waals surface area contributed by atoms with Gasteiger partial charge >= 0.3 is 0 Å². The third-order valence-corrected chi connectivity index (χ3v) is 6.29. The average molecular weight is 411 g/mol. The van der Waals surface area contributed by atoms with Crippen molar-refractivity contribution in [1.82, 2.24) is 4.57 Å². The highest BCUT2D eigenvalue weighted by atomic mass is 16.1. The summed E-state index contributed by atoms with van der Waals surface area (Å²) in [6, 6.07) is 20.0. The number of para-hydroxylation sites is 1. The number of hydrogen-bond acceptors (Lipinski definition) is 2. The number of pyridine rings is 1. The Balaban J connectivity index is 1.36. The quantitative estimate of drug-likeness (QED) is 0.450. The van der Waals surface area contributed by atoms with Crippen LogP contribution in [-0.4, -0.2) is 10.5 Å². The maximum Gasteiger partial charge on any atom is 0.224 e. The van der Waals surface area contributed by atoms with E-state index in [4.69, 9.17) is 0 Å². The molecule has 0 fully saturated rings. The van der Waals surface area contributed by atoms with Crippen LogP contribution in [0.1, 0.15) is 36.0 Å². The molecule has 1 amide bonds. The highest BCUT2D eigenvalue weighted by Crippen LogP contribution is 2.25. The molecule has 0 spiro atoms. The molecule has 4 aromatic rings. The minimum absolute atomic E-state index is 0.0310. The Morgan fingerprint density at radius 2 is 1.74 bits per heavy atom. The van der Waals surface area contributed by atoms with E-state index in [0.29, 0.717) is 19.4 Å². The van der Waals surface area contributed by atoms with Crippen molar-refractivity contribution in [3.8, 4) is 0 Å². The van der Waals surface area contributed by atoms with Crippen molar-refractivity contribution in [1.29, 1.82) is 0 Å². The van der Waals surface area contributed by atoms with Crippen LogP contribution in [0, 0.1) is 6.92 Å². The number of carbonyl (C=O) groups excluding carboxylic acids is 1. The summed E-state index contributed by atoms with van der Waals surface area (Å²) in [5, 5.41) is 4.51. The van der Waals surface area contributed by atoms with Crippen molar-refractivity contribution in [2.24, 2.45) is 0 Å². The summed E-state index contributed by atoms with van der Waals surface area (Å²) in [6.45, 7) is 2.68. The lowest BCUT2D eigenvalue weighted by Crippen LogP contribution is -2.15. The van der Waals surface area contributed by atoms with Crippen molar-refractivity contribution in [3.05, 3.63) is 87.6 Å². The van der Waals surface area contributed by atoms with Gasteiger partial charge in [0, 0.05) is 29.4 Å². The van der Waals surface area contributed by atoms with E-state index in [0.717, 1.165) is 45.9 Å². The lowest BCUT2D eigenvalue weighted by Gasteiger charge is -2.15. The molecular weight excluding hydrogens is 384 g/mol. The summed E-state index contributed by atoms with van der Waals surface area (Å²) in [7, 11) is 0. The van der Waals surface area contributed by atoms with E-state index in [1.807, 2.05) is 55.5 Å². The Hall–Kier alpha value is -3.40. The van der Waals surface area contributed by atoms with Crippen molar-refractivity contribution in [2.45, 2.75) is 45.6 Å². The molecule has 1 N–H and O–H groups in total. The molecule has 0 saturated carbocycles. The number of nitrogens with one attached hydrogen (secondary N) is 1. The number of benzene rings is 3. The second-order valence-electron chi connectivity index (χ2n) is 8.51. The Bertz CT molecular complexity index is 1370. The van der Waals surface area contributed by atoms with Gasteiger partial charge < -0.3 is 9.88 Å². The summed E-state index contributed by atoms with van der Waals surface area (Å²) in [4.78, 5) is 25.5. The largest absolute Gasteiger partial charge is 0.340 e. The first-order valence-electron chi connectivity index (χ1n) is 11.0. The van der Waals surface area contributed by atoms with Gasteiger partial charge in [0.25, 0.3) is 0 Å². The molecule has 0 aliphatic heterocycles. The second-order valence-corrected chi connectivity index (χ2v) is 8.51. The normalized spacial score (nSPS) is 12.9. The third-order valence-electron chi connectivity index (χ3n) is 6.29. The molecule has 0 bridgehead atoms. The molecule has 3 aromatic carbocycles. The molecule has 0 radical (unpaired) electrons. The SMILES string of the molecule is Cc1ccc2c(c1)c(=O)c1ccccc1n2CCCC(=O)Nc1ccc2c(c1)CCC2. The first-order chi connectivity index (χ1) is 15.1. The zero-order valence-electron chi connectivity index (χ0n) is 17.8. The monoisotopic (exact) mass is 410 g/mol. The minimum atomic E-state index is 0.0310. The number of carbonyl (C=O) groups is 1. The van der Waals surface area contributed by atoms with Gasteiger partial charge in [-0.3, -0.25) is 9.59 Å². The van der Waals surface area contributed by atoms with Crippen LogP contribution < -0.4 is 10.7 Å². The van der Waals surface area contributed by atoms with Gasteiger partial charge in [-0.1, -0.05) is 29.8 Å². The first-order valence-corrected chi connectivity index (χ1v) is 11.0. The standard InChI is InChI=1S/C27H26N2O2/c1-18-11-14-25-23(16-18)27(31)22-8-2-3-9-24(22)29(25)15-5-10-26(30)28-21-13-12-19-6-4-7-20(19)17-21/h2-3,8-9,11-14,16-17H,4-7,10,15H2,1H3,(H,28,30). The van der Waals surface area contributed by atoms with Gasteiger partial charge in [0.15, 0.2) is 5.43 Å². The minimum Gasteiger partial charge on any atom is -0.340 e. The fourth-order valence-corrected chi connectivity index (χ4v) is 4.75. The van der Waals surface area contributed by atoms with Gasteiger partial charge in [-0.15, -0.1) is 0 Å². The summed E-state index contributed by atoms with van der Waals surface area (Å²) >= 11 is 0. The van der Waals surface area contributed by atoms with Crippen LogP contribution in [0.3, 0.4) is 0 Å². The predicted octanol–water partition coefficient (Wildman–Crippen LogP) is 5.37. The number of rotatable bonds is 5. The lowest BCUT2D eigenvalue weighted by molar-refractivity contribution is -0.116. The zero-order chi connectivity index (χ0) is 21.4. The number of anilines is 1. The van der Waals surface area contributed by atoms with E-state index in [1.54, 1.807) is 0 Å². The van der Waals surface area contributed by atoms with E-state index < -0.39 is 0 Å². The van der Waals surface area contributed by atoms with E-state index in [9.17, 15) is 9.59 Å². The molecule has 5 rings (SSSR count). The van der Waals surface area contributed by atoms with E-state index >= 15 is 0 Å². The number of aromatic nitrogens is 1. The van der Waals surface area contributed by atoms with Crippen molar-refractivity contribution in [3.63, 3.8) is 0 Å². The maximum atomic E-state index is 13.0. The van der Waals surface area contributed by atoms with Crippen molar-refractivity contribution < 1.29 is 4.79 Å². The van der Waals surface area contributed by atoms with Gasteiger partial charge in [0.2, 0.25) is 5.91 Å². The molecule has 1 aromatic heterocycles. The lowest BCUT2D eigenvalue weighted by atomic mass is 10.1. The number of hydrogen-bond donors (Lipinski definition) is 1. The first kappa shape index (κ1) is 19.6. The van der Waals surface area contributed by atoms with Gasteiger partial charge in [-0.2, -0.15) is 0 Å². The Morgan fingerprint density at radius 3 is 2.65 bits per heavy atom. The maximum absolute atomic E-state index is 13.0. The van der Waals surface area contributed by atoms with Crippen molar-refractivity contribution >= 4 is 33.4 Å². The summed E-state index contributed by atoms with van der Waals surface area (Å²) in [5.74, 6) is 0.0310. The fraction of sp³-hybridized carbons (Fsp3) is 0.259. The van der Waals surface area contributed by atoms with Gasteiger partial charge in [-0.25, -0.2) is 0 Å². The Labute approximate surface area is 181 Å². The van der Waals surface area contributed by atoms with Crippen LogP contribution in [-0.2, 0) is 24.2 Å². The molecule has 1 heterocycles.